The molecule has 1 aromatic carbocycles. The molecule has 102 valence electrons. The molecule has 0 saturated carbocycles. The van der Waals surface area contributed by atoms with Crippen LogP contribution in [-0.2, 0) is 13.2 Å². The Morgan fingerprint density at radius 1 is 1.11 bits per heavy atom. The van der Waals surface area contributed by atoms with Gasteiger partial charge in [0, 0.05) is 18.6 Å². The van der Waals surface area contributed by atoms with Gasteiger partial charge in [0.2, 0.25) is 0 Å². The average molecular weight is 250 g/mol. The van der Waals surface area contributed by atoms with Crippen LogP contribution in [0.2, 0.25) is 0 Å². The standard InChI is InChI=1S/C15H26N2O/c1-4-15(5-2,12-16)17(3)10-13-6-8-14(11-18)9-7-13/h6-9,18H,4-5,10-12,16H2,1-3H3. The van der Waals surface area contributed by atoms with E-state index in [0.29, 0.717) is 6.54 Å². The highest BCUT2D eigenvalue weighted by atomic mass is 16.3. The van der Waals surface area contributed by atoms with E-state index < -0.39 is 0 Å². The fourth-order valence-electron chi connectivity index (χ4n) is 2.43. The zero-order chi connectivity index (χ0) is 13.6. The fourth-order valence-corrected chi connectivity index (χ4v) is 2.43. The normalized spacial score (nSPS) is 12.1. The highest BCUT2D eigenvalue weighted by Gasteiger charge is 2.29. The number of rotatable bonds is 7. The maximum atomic E-state index is 9.03. The van der Waals surface area contributed by atoms with Crippen molar-refractivity contribution in [3.63, 3.8) is 0 Å². The molecule has 0 aliphatic heterocycles. The van der Waals surface area contributed by atoms with Crippen LogP contribution in [0.3, 0.4) is 0 Å². The Kier molecular flexibility index (Phi) is 5.79. The first-order chi connectivity index (χ1) is 8.61. The third-order valence-electron chi connectivity index (χ3n) is 4.13. The van der Waals surface area contributed by atoms with Crippen LogP contribution in [0.1, 0.15) is 37.8 Å². The van der Waals surface area contributed by atoms with E-state index in [0.717, 1.165) is 24.9 Å². The number of nitrogens with zero attached hydrogens (tertiary/aromatic N) is 1. The van der Waals surface area contributed by atoms with Gasteiger partial charge in [-0.15, -0.1) is 0 Å². The van der Waals surface area contributed by atoms with Crippen molar-refractivity contribution in [2.45, 2.75) is 45.4 Å². The largest absolute Gasteiger partial charge is 0.392 e. The molecule has 18 heavy (non-hydrogen) atoms. The van der Waals surface area contributed by atoms with Crippen LogP contribution in [-0.4, -0.2) is 29.1 Å². The van der Waals surface area contributed by atoms with Crippen LogP contribution < -0.4 is 5.73 Å². The summed E-state index contributed by atoms with van der Waals surface area (Å²) in [7, 11) is 2.14. The third-order valence-corrected chi connectivity index (χ3v) is 4.13. The molecule has 0 radical (unpaired) electrons. The second-order valence-corrected chi connectivity index (χ2v) is 4.97. The lowest BCUT2D eigenvalue weighted by molar-refractivity contribution is 0.108. The van der Waals surface area contributed by atoms with Crippen LogP contribution in [0.25, 0.3) is 0 Å². The molecule has 0 heterocycles. The number of hydrogen-bond acceptors (Lipinski definition) is 3. The highest BCUT2D eigenvalue weighted by molar-refractivity contribution is 5.22. The van der Waals surface area contributed by atoms with Crippen molar-refractivity contribution in [2.24, 2.45) is 5.73 Å². The predicted octanol–water partition coefficient (Wildman–Crippen LogP) is 2.13. The number of likely N-dealkylation sites (N-methyl/N-ethyl adjacent to an activating group) is 1. The summed E-state index contributed by atoms with van der Waals surface area (Å²) in [5, 5.41) is 9.03. The van der Waals surface area contributed by atoms with Gasteiger partial charge >= 0.3 is 0 Å². The summed E-state index contributed by atoms with van der Waals surface area (Å²) < 4.78 is 0. The van der Waals surface area contributed by atoms with E-state index in [1.54, 1.807) is 0 Å². The highest BCUT2D eigenvalue weighted by Crippen LogP contribution is 2.23. The van der Waals surface area contributed by atoms with Crippen molar-refractivity contribution in [2.75, 3.05) is 13.6 Å². The van der Waals surface area contributed by atoms with Crippen LogP contribution in [0, 0.1) is 0 Å². The van der Waals surface area contributed by atoms with E-state index in [1.807, 2.05) is 12.1 Å². The minimum Gasteiger partial charge on any atom is -0.392 e. The molecule has 3 nitrogen and oxygen atoms in total. The first-order valence-corrected chi connectivity index (χ1v) is 6.71. The number of benzene rings is 1. The molecule has 1 rings (SSSR count). The van der Waals surface area contributed by atoms with E-state index in [-0.39, 0.29) is 12.1 Å². The third kappa shape index (κ3) is 3.31. The van der Waals surface area contributed by atoms with Crippen LogP contribution in [0.15, 0.2) is 24.3 Å². The average Bonchev–Trinajstić information content (AvgIpc) is 2.42. The van der Waals surface area contributed by atoms with Crippen molar-refractivity contribution in [3.8, 4) is 0 Å². The fraction of sp³-hybridized carbons (Fsp3) is 0.600. The Balaban J connectivity index is 2.75. The second kappa shape index (κ2) is 6.88. The van der Waals surface area contributed by atoms with Crippen molar-refractivity contribution in [1.82, 2.24) is 4.90 Å². The molecule has 0 aliphatic carbocycles. The molecule has 0 saturated heterocycles. The van der Waals surface area contributed by atoms with Crippen LogP contribution >= 0.6 is 0 Å². The van der Waals surface area contributed by atoms with Gasteiger partial charge in [-0.3, -0.25) is 4.90 Å². The molecule has 3 heteroatoms. The van der Waals surface area contributed by atoms with Crippen LogP contribution in [0.4, 0.5) is 0 Å². The first-order valence-electron chi connectivity index (χ1n) is 6.71. The molecule has 0 spiro atoms. The molecule has 3 N–H and O–H groups in total. The molecule has 1 aromatic rings. The van der Waals surface area contributed by atoms with Gasteiger partial charge in [-0.25, -0.2) is 0 Å². The summed E-state index contributed by atoms with van der Waals surface area (Å²) >= 11 is 0. The smallest absolute Gasteiger partial charge is 0.0681 e. The lowest BCUT2D eigenvalue weighted by Crippen LogP contribution is -2.50. The molecule has 0 aromatic heterocycles. The van der Waals surface area contributed by atoms with E-state index in [4.69, 9.17) is 10.8 Å². The second-order valence-electron chi connectivity index (χ2n) is 4.97. The lowest BCUT2D eigenvalue weighted by atomic mass is 9.90. The summed E-state index contributed by atoms with van der Waals surface area (Å²) in [5.74, 6) is 0. The summed E-state index contributed by atoms with van der Waals surface area (Å²) in [6.07, 6.45) is 2.12. The molecule has 0 aliphatic rings. The molecular formula is C15H26N2O. The monoisotopic (exact) mass is 250 g/mol. The topological polar surface area (TPSA) is 49.5 Å². The van der Waals surface area contributed by atoms with Gasteiger partial charge in [-0.2, -0.15) is 0 Å². The summed E-state index contributed by atoms with van der Waals surface area (Å²) in [6, 6.07) is 8.11. The predicted molar refractivity (Wildman–Crippen MR) is 76.2 cm³/mol. The Hall–Kier alpha value is -0.900. The summed E-state index contributed by atoms with van der Waals surface area (Å²) in [4.78, 5) is 2.35. The van der Waals surface area contributed by atoms with E-state index in [9.17, 15) is 0 Å². The molecule has 0 fully saturated rings. The Morgan fingerprint density at radius 3 is 2.00 bits per heavy atom. The van der Waals surface area contributed by atoms with Crippen molar-refractivity contribution in [3.05, 3.63) is 35.4 Å². The van der Waals surface area contributed by atoms with Gasteiger partial charge < -0.3 is 10.8 Å². The van der Waals surface area contributed by atoms with Gasteiger partial charge in [0.15, 0.2) is 0 Å². The Morgan fingerprint density at radius 2 is 1.61 bits per heavy atom. The van der Waals surface area contributed by atoms with E-state index in [2.05, 4.69) is 37.9 Å². The van der Waals surface area contributed by atoms with Gasteiger partial charge in [-0.05, 0) is 31.0 Å². The van der Waals surface area contributed by atoms with Crippen molar-refractivity contribution < 1.29 is 5.11 Å². The zero-order valence-electron chi connectivity index (χ0n) is 11.8. The van der Waals surface area contributed by atoms with E-state index >= 15 is 0 Å². The van der Waals surface area contributed by atoms with Gasteiger partial charge in [0.25, 0.3) is 0 Å². The van der Waals surface area contributed by atoms with Crippen molar-refractivity contribution in [1.29, 1.82) is 0 Å². The van der Waals surface area contributed by atoms with Crippen molar-refractivity contribution >= 4 is 0 Å². The number of hydrogen-bond donors (Lipinski definition) is 2. The molecule has 0 atom stereocenters. The SMILES string of the molecule is CCC(CC)(CN)N(C)Cc1ccc(CO)cc1. The zero-order valence-corrected chi connectivity index (χ0v) is 11.8. The molecule has 0 bridgehead atoms. The minimum absolute atomic E-state index is 0.0929. The van der Waals surface area contributed by atoms with Crippen LogP contribution in [0.5, 0.6) is 0 Å². The quantitative estimate of drug-likeness (QED) is 0.779. The Labute approximate surface area is 111 Å². The molecule has 0 unspecified atom stereocenters. The maximum Gasteiger partial charge on any atom is 0.0681 e. The first kappa shape index (κ1) is 15.2. The minimum atomic E-state index is 0.0929. The number of aliphatic hydroxyl groups excluding tert-OH is 1. The summed E-state index contributed by atoms with van der Waals surface area (Å²) in [6.45, 7) is 6.08. The van der Waals surface area contributed by atoms with E-state index in [1.165, 1.54) is 5.56 Å². The van der Waals surface area contributed by atoms with Gasteiger partial charge in [-0.1, -0.05) is 38.1 Å². The molecular weight excluding hydrogens is 224 g/mol. The maximum absolute atomic E-state index is 9.03. The van der Waals surface area contributed by atoms with Gasteiger partial charge in [0.05, 0.1) is 6.61 Å². The van der Waals surface area contributed by atoms with Gasteiger partial charge in [0.1, 0.15) is 0 Å². The summed E-state index contributed by atoms with van der Waals surface area (Å²) in [5.41, 5.74) is 8.26. The Bertz CT molecular complexity index is 336. The number of aliphatic hydroxyl groups is 1. The molecule has 0 amide bonds. The lowest BCUT2D eigenvalue weighted by Gasteiger charge is -2.40. The number of nitrogens with two attached hydrogens (primary N) is 1.